The maximum absolute atomic E-state index is 13.1. The van der Waals surface area contributed by atoms with Gasteiger partial charge in [0.1, 0.15) is 0 Å². The molecule has 0 heterocycles. The zero-order chi connectivity index (χ0) is 20.7. The van der Waals surface area contributed by atoms with Crippen molar-refractivity contribution in [1.29, 1.82) is 0 Å². The Bertz CT molecular complexity index is 495. The molecule has 0 saturated carbocycles. The van der Waals surface area contributed by atoms with Crippen molar-refractivity contribution < 1.29 is 4.79 Å². The van der Waals surface area contributed by atoms with E-state index in [0.29, 0.717) is 4.06 Å². The van der Waals surface area contributed by atoms with Crippen molar-refractivity contribution in [3.63, 3.8) is 0 Å². The minimum atomic E-state index is -2.50. The predicted molar refractivity (Wildman–Crippen MR) is 127 cm³/mol. The van der Waals surface area contributed by atoms with Crippen LogP contribution in [0.15, 0.2) is 30.3 Å². The van der Waals surface area contributed by atoms with Gasteiger partial charge in [-0.15, -0.1) is 0 Å². The van der Waals surface area contributed by atoms with Crippen molar-refractivity contribution in [2.45, 2.75) is 109 Å². The van der Waals surface area contributed by atoms with Gasteiger partial charge in [0, 0.05) is 0 Å². The van der Waals surface area contributed by atoms with Gasteiger partial charge >= 0.3 is 180 Å². The van der Waals surface area contributed by atoms with Crippen molar-refractivity contribution in [3.8, 4) is 0 Å². The normalized spacial score (nSPS) is 12.7. The third-order valence-electron chi connectivity index (χ3n) is 6.26. The zero-order valence-electron chi connectivity index (χ0n) is 19.1. The van der Waals surface area contributed by atoms with E-state index in [4.69, 9.17) is 0 Å². The fourth-order valence-corrected chi connectivity index (χ4v) is 22.2. The number of amides is 1. The van der Waals surface area contributed by atoms with Gasteiger partial charge in [-0.1, -0.05) is 0 Å². The van der Waals surface area contributed by atoms with Gasteiger partial charge in [-0.05, 0) is 0 Å². The fraction of sp³-hybridized carbons (Fsp3) is 0.720. The van der Waals surface area contributed by atoms with Crippen LogP contribution >= 0.6 is 0 Å². The van der Waals surface area contributed by atoms with E-state index in [-0.39, 0.29) is 5.91 Å². The number of hydrogen-bond donors (Lipinski definition) is 1. The van der Waals surface area contributed by atoms with E-state index >= 15 is 0 Å². The summed E-state index contributed by atoms with van der Waals surface area (Å²) in [5.41, 5.74) is 0.824. The van der Waals surface area contributed by atoms with Gasteiger partial charge in [-0.3, -0.25) is 0 Å². The van der Waals surface area contributed by atoms with Crippen LogP contribution in [0.3, 0.4) is 0 Å². The van der Waals surface area contributed by atoms with E-state index in [1.165, 1.54) is 77.5 Å². The molecular formula is C25H45NOSn. The summed E-state index contributed by atoms with van der Waals surface area (Å²) in [6.07, 6.45) is 12.9. The summed E-state index contributed by atoms with van der Waals surface area (Å²) in [6, 6.07) is 9.86. The van der Waals surface area contributed by atoms with E-state index in [1.54, 1.807) is 0 Å². The average Bonchev–Trinajstić information content (AvgIpc) is 2.73. The Morgan fingerprint density at radius 1 is 0.786 bits per heavy atom. The molecule has 0 radical (unpaired) electrons. The van der Waals surface area contributed by atoms with Crippen LogP contribution in [-0.4, -0.2) is 28.3 Å². The van der Waals surface area contributed by atoms with Crippen LogP contribution < -0.4 is 5.32 Å². The molecule has 1 aromatic rings. The molecule has 1 aromatic carbocycles. The molecule has 0 saturated heterocycles. The number of hydrogen-bond acceptors (Lipinski definition) is 1. The molecule has 0 aliphatic rings. The van der Waals surface area contributed by atoms with Crippen LogP contribution in [0.4, 0.5) is 0 Å². The Morgan fingerprint density at radius 2 is 1.29 bits per heavy atom. The van der Waals surface area contributed by atoms with Crippen LogP contribution in [0.2, 0.25) is 13.3 Å². The number of unbranched alkanes of at least 4 members (excludes halogenated alkanes) is 5. The molecule has 1 rings (SSSR count). The number of rotatable bonds is 16. The molecule has 1 atom stereocenters. The Kier molecular flexibility index (Phi) is 14.0. The molecule has 3 heteroatoms. The quantitative estimate of drug-likeness (QED) is 0.185. The maximum atomic E-state index is 13.1. The van der Waals surface area contributed by atoms with Gasteiger partial charge in [-0.25, -0.2) is 0 Å². The molecular weight excluding hydrogens is 449 g/mol. The van der Waals surface area contributed by atoms with Crippen LogP contribution in [0.5, 0.6) is 0 Å². The standard InChI is InChI=1S/C13H18NO.3C4H9.Sn/c1-2-3-4-8-11-14-13(15)12-9-6-5-7-10-12;3*1-3-4-2;/h5-7,9-11H,2-4,8H2,1H3,(H,14,15);3*1,3-4H2,2H3;. The first-order valence-electron chi connectivity index (χ1n) is 12.0. The molecule has 0 bridgehead atoms. The number of carbonyl (C=O) groups excluding carboxylic acids is 1. The second-order valence-electron chi connectivity index (χ2n) is 8.56. The fourth-order valence-electron chi connectivity index (χ4n) is 4.45. The van der Waals surface area contributed by atoms with Gasteiger partial charge < -0.3 is 0 Å². The van der Waals surface area contributed by atoms with Gasteiger partial charge in [0.15, 0.2) is 0 Å². The SMILES string of the molecule is CCCCC[C@H](NC(=O)c1ccccc1)[Sn]([CH2]CCC)([CH2]CCC)[CH2]CCC. The van der Waals surface area contributed by atoms with Crippen LogP contribution in [0, 0.1) is 0 Å². The van der Waals surface area contributed by atoms with Crippen molar-refractivity contribution >= 4 is 24.3 Å². The summed E-state index contributed by atoms with van der Waals surface area (Å²) < 4.78 is 4.86. The molecule has 0 unspecified atom stereocenters. The van der Waals surface area contributed by atoms with Crippen LogP contribution in [0.1, 0.15) is 102 Å². The summed E-state index contributed by atoms with van der Waals surface area (Å²) in [5, 5.41) is 3.61. The van der Waals surface area contributed by atoms with Crippen LogP contribution in [-0.2, 0) is 0 Å². The number of nitrogens with one attached hydrogen (secondary N) is 1. The van der Waals surface area contributed by atoms with Crippen molar-refractivity contribution in [2.24, 2.45) is 0 Å². The molecule has 0 fully saturated rings. The molecule has 1 N–H and O–H groups in total. The van der Waals surface area contributed by atoms with Gasteiger partial charge in [0.25, 0.3) is 0 Å². The number of benzene rings is 1. The van der Waals surface area contributed by atoms with Crippen molar-refractivity contribution in [3.05, 3.63) is 35.9 Å². The molecule has 160 valence electrons. The topological polar surface area (TPSA) is 29.1 Å². The minimum absolute atomic E-state index is 0.160. The third kappa shape index (κ3) is 8.88. The monoisotopic (exact) mass is 495 g/mol. The molecule has 28 heavy (non-hydrogen) atoms. The third-order valence-corrected chi connectivity index (χ3v) is 23.3. The molecule has 0 aromatic heterocycles. The number of carbonyl (C=O) groups is 1. The molecule has 1 amide bonds. The molecule has 0 aliphatic carbocycles. The summed E-state index contributed by atoms with van der Waals surface area (Å²) in [6.45, 7) is 9.25. The van der Waals surface area contributed by atoms with Crippen LogP contribution in [0.25, 0.3) is 0 Å². The molecule has 2 nitrogen and oxygen atoms in total. The van der Waals surface area contributed by atoms with Gasteiger partial charge in [-0.2, -0.15) is 0 Å². The van der Waals surface area contributed by atoms with E-state index in [1.807, 2.05) is 30.3 Å². The zero-order valence-corrected chi connectivity index (χ0v) is 21.9. The Hall–Kier alpha value is -0.511. The molecule has 0 spiro atoms. The van der Waals surface area contributed by atoms with Crippen molar-refractivity contribution in [1.82, 2.24) is 5.32 Å². The van der Waals surface area contributed by atoms with Gasteiger partial charge in [0.05, 0.1) is 0 Å². The second-order valence-corrected chi connectivity index (χ2v) is 22.6. The first-order valence-corrected chi connectivity index (χ1v) is 19.7. The molecule has 0 aliphatic heterocycles. The first-order chi connectivity index (χ1) is 13.6. The first kappa shape index (κ1) is 25.5. The Morgan fingerprint density at radius 3 is 1.75 bits per heavy atom. The average molecular weight is 494 g/mol. The van der Waals surface area contributed by atoms with Gasteiger partial charge in [0.2, 0.25) is 0 Å². The summed E-state index contributed by atoms with van der Waals surface area (Å²) in [4.78, 5) is 13.1. The predicted octanol–water partition coefficient (Wildman–Crippen LogP) is 7.75. The van der Waals surface area contributed by atoms with E-state index in [2.05, 4.69) is 33.0 Å². The van der Waals surface area contributed by atoms with E-state index in [9.17, 15) is 4.79 Å². The second kappa shape index (κ2) is 15.3. The Balaban J connectivity index is 3.11. The Labute approximate surface area is 179 Å². The van der Waals surface area contributed by atoms with E-state index in [0.717, 1.165) is 5.56 Å². The summed E-state index contributed by atoms with van der Waals surface area (Å²) in [5.74, 6) is 0.160. The van der Waals surface area contributed by atoms with Crippen molar-refractivity contribution in [2.75, 3.05) is 0 Å². The van der Waals surface area contributed by atoms with E-state index < -0.39 is 18.4 Å². The summed E-state index contributed by atoms with van der Waals surface area (Å²) in [7, 11) is 0. The summed E-state index contributed by atoms with van der Waals surface area (Å²) >= 11 is -2.50.